The lowest BCUT2D eigenvalue weighted by Crippen LogP contribution is -2.35. The highest BCUT2D eigenvalue weighted by Gasteiger charge is 2.24. The van der Waals surface area contributed by atoms with Gasteiger partial charge in [0, 0.05) is 24.6 Å². The second-order valence-corrected chi connectivity index (χ2v) is 7.11. The standard InChI is InChI=1S/C25H20FNO4/c1-27(25(18-5-3-2-4-6-18)19-7-11-20(26)12-8-19)23(28)16-30-21-13-9-17-10-14-24(29)31-22(17)15-21/h2-15,25H,16H2,1H3. The summed E-state index contributed by atoms with van der Waals surface area (Å²) in [6.07, 6.45) is 0. The van der Waals surface area contributed by atoms with Gasteiger partial charge in [-0.2, -0.15) is 0 Å². The molecule has 3 aromatic carbocycles. The minimum Gasteiger partial charge on any atom is -0.484 e. The van der Waals surface area contributed by atoms with Gasteiger partial charge in [-0.15, -0.1) is 0 Å². The molecule has 31 heavy (non-hydrogen) atoms. The molecule has 0 aliphatic heterocycles. The Balaban J connectivity index is 1.54. The van der Waals surface area contributed by atoms with Crippen molar-refractivity contribution >= 4 is 16.9 Å². The van der Waals surface area contributed by atoms with Gasteiger partial charge < -0.3 is 14.1 Å². The third-order valence-electron chi connectivity index (χ3n) is 5.04. The highest BCUT2D eigenvalue weighted by atomic mass is 19.1. The number of fused-ring (bicyclic) bond motifs is 1. The molecule has 1 amide bonds. The van der Waals surface area contributed by atoms with Gasteiger partial charge in [0.05, 0.1) is 6.04 Å². The average molecular weight is 417 g/mol. The van der Waals surface area contributed by atoms with Crippen LogP contribution in [0.5, 0.6) is 5.75 Å². The van der Waals surface area contributed by atoms with Crippen molar-refractivity contribution in [3.05, 3.63) is 112 Å². The summed E-state index contributed by atoms with van der Waals surface area (Å²) in [6, 6.07) is 23.3. The molecule has 0 aliphatic carbocycles. The van der Waals surface area contributed by atoms with Crippen LogP contribution in [0.25, 0.3) is 11.0 Å². The largest absolute Gasteiger partial charge is 0.484 e. The molecule has 4 rings (SSSR count). The molecular formula is C25H20FNO4. The maximum absolute atomic E-state index is 13.4. The average Bonchev–Trinajstić information content (AvgIpc) is 2.79. The van der Waals surface area contributed by atoms with Crippen LogP contribution < -0.4 is 10.4 Å². The third-order valence-corrected chi connectivity index (χ3v) is 5.04. The second-order valence-electron chi connectivity index (χ2n) is 7.11. The molecule has 0 spiro atoms. The van der Waals surface area contributed by atoms with Crippen LogP contribution in [0.3, 0.4) is 0 Å². The lowest BCUT2D eigenvalue weighted by molar-refractivity contribution is -0.133. The van der Waals surface area contributed by atoms with E-state index in [9.17, 15) is 14.0 Å². The molecular weight excluding hydrogens is 397 g/mol. The Kier molecular flexibility index (Phi) is 5.80. The predicted octanol–water partition coefficient (Wildman–Crippen LogP) is 4.56. The zero-order valence-corrected chi connectivity index (χ0v) is 16.8. The van der Waals surface area contributed by atoms with E-state index in [1.54, 1.807) is 48.3 Å². The first-order valence-corrected chi connectivity index (χ1v) is 9.74. The fourth-order valence-electron chi connectivity index (χ4n) is 3.44. The van der Waals surface area contributed by atoms with Crippen molar-refractivity contribution < 1.29 is 18.3 Å². The van der Waals surface area contributed by atoms with E-state index in [2.05, 4.69) is 0 Å². The summed E-state index contributed by atoms with van der Waals surface area (Å²) in [5, 5.41) is 0.760. The summed E-state index contributed by atoms with van der Waals surface area (Å²) in [5.74, 6) is -0.176. The van der Waals surface area contributed by atoms with Gasteiger partial charge in [-0.05, 0) is 41.5 Å². The molecule has 4 aromatic rings. The van der Waals surface area contributed by atoms with E-state index in [1.807, 2.05) is 30.3 Å². The van der Waals surface area contributed by atoms with Crippen LogP contribution in [-0.4, -0.2) is 24.5 Å². The Morgan fingerprint density at radius 3 is 2.39 bits per heavy atom. The second kappa shape index (κ2) is 8.83. The molecule has 1 unspecified atom stereocenters. The van der Waals surface area contributed by atoms with Crippen molar-refractivity contribution in [2.45, 2.75) is 6.04 Å². The normalized spacial score (nSPS) is 11.8. The molecule has 0 bridgehead atoms. The van der Waals surface area contributed by atoms with Crippen LogP contribution in [0.15, 0.2) is 94.1 Å². The SMILES string of the molecule is CN(C(=O)COc1ccc2ccc(=O)oc2c1)C(c1ccccc1)c1ccc(F)cc1. The number of likely N-dealkylation sites (N-methyl/N-ethyl adjacent to an activating group) is 1. The number of ether oxygens (including phenoxy) is 1. The van der Waals surface area contributed by atoms with Crippen molar-refractivity contribution in [2.75, 3.05) is 13.7 Å². The summed E-state index contributed by atoms with van der Waals surface area (Å²) in [7, 11) is 1.69. The zero-order valence-electron chi connectivity index (χ0n) is 16.8. The van der Waals surface area contributed by atoms with Crippen molar-refractivity contribution in [2.24, 2.45) is 0 Å². The number of hydrogen-bond acceptors (Lipinski definition) is 4. The highest BCUT2D eigenvalue weighted by molar-refractivity contribution is 5.80. The Labute approximate surface area is 178 Å². The first-order valence-electron chi connectivity index (χ1n) is 9.74. The Morgan fingerprint density at radius 2 is 1.65 bits per heavy atom. The fraction of sp³-hybridized carbons (Fsp3) is 0.120. The molecule has 0 radical (unpaired) electrons. The maximum Gasteiger partial charge on any atom is 0.336 e. The van der Waals surface area contributed by atoms with Gasteiger partial charge >= 0.3 is 5.63 Å². The van der Waals surface area contributed by atoms with Crippen LogP contribution in [0, 0.1) is 5.82 Å². The van der Waals surface area contributed by atoms with Gasteiger partial charge in [0.15, 0.2) is 6.61 Å². The number of halogens is 1. The van der Waals surface area contributed by atoms with Crippen LogP contribution in [-0.2, 0) is 4.79 Å². The van der Waals surface area contributed by atoms with E-state index >= 15 is 0 Å². The van der Waals surface area contributed by atoms with Crippen molar-refractivity contribution in [1.29, 1.82) is 0 Å². The summed E-state index contributed by atoms with van der Waals surface area (Å²) in [6.45, 7) is -0.205. The quantitative estimate of drug-likeness (QED) is 0.432. The summed E-state index contributed by atoms with van der Waals surface area (Å²) in [5.41, 5.74) is 1.62. The van der Waals surface area contributed by atoms with Crippen LogP contribution in [0.4, 0.5) is 4.39 Å². The van der Waals surface area contributed by atoms with E-state index in [4.69, 9.17) is 9.15 Å². The van der Waals surface area contributed by atoms with E-state index in [0.29, 0.717) is 11.3 Å². The number of carbonyl (C=O) groups is 1. The van der Waals surface area contributed by atoms with Gasteiger partial charge in [-0.25, -0.2) is 9.18 Å². The maximum atomic E-state index is 13.4. The molecule has 156 valence electrons. The lowest BCUT2D eigenvalue weighted by atomic mass is 9.97. The Bertz CT molecular complexity index is 1250. The van der Waals surface area contributed by atoms with Gasteiger partial charge in [-0.1, -0.05) is 42.5 Å². The number of hydrogen-bond donors (Lipinski definition) is 0. The molecule has 0 fully saturated rings. The number of nitrogens with zero attached hydrogens (tertiary/aromatic N) is 1. The lowest BCUT2D eigenvalue weighted by Gasteiger charge is -2.29. The monoisotopic (exact) mass is 417 g/mol. The Morgan fingerprint density at radius 1 is 0.968 bits per heavy atom. The molecule has 1 aromatic heterocycles. The van der Waals surface area contributed by atoms with E-state index in [1.165, 1.54) is 18.2 Å². The smallest absolute Gasteiger partial charge is 0.336 e. The van der Waals surface area contributed by atoms with Crippen LogP contribution >= 0.6 is 0 Å². The number of amides is 1. The van der Waals surface area contributed by atoms with Gasteiger partial charge in [-0.3, -0.25) is 4.79 Å². The highest BCUT2D eigenvalue weighted by Crippen LogP contribution is 2.28. The molecule has 1 atom stereocenters. The summed E-state index contributed by atoms with van der Waals surface area (Å²) in [4.78, 5) is 25.9. The summed E-state index contributed by atoms with van der Waals surface area (Å²) >= 11 is 0. The van der Waals surface area contributed by atoms with Crippen molar-refractivity contribution in [1.82, 2.24) is 4.90 Å². The van der Waals surface area contributed by atoms with Gasteiger partial charge in [0.1, 0.15) is 17.1 Å². The molecule has 0 saturated heterocycles. The van der Waals surface area contributed by atoms with E-state index < -0.39 is 11.7 Å². The molecule has 0 N–H and O–H groups in total. The van der Waals surface area contributed by atoms with E-state index in [0.717, 1.165) is 16.5 Å². The van der Waals surface area contributed by atoms with Crippen LogP contribution in [0.1, 0.15) is 17.2 Å². The number of benzene rings is 3. The number of carbonyl (C=O) groups excluding carboxylic acids is 1. The van der Waals surface area contributed by atoms with Crippen molar-refractivity contribution in [3.8, 4) is 5.75 Å². The fourth-order valence-corrected chi connectivity index (χ4v) is 3.44. The first kappa shape index (κ1) is 20.3. The number of rotatable bonds is 6. The molecule has 6 heteroatoms. The summed E-state index contributed by atoms with van der Waals surface area (Å²) < 4.78 is 24.3. The van der Waals surface area contributed by atoms with Crippen LogP contribution in [0.2, 0.25) is 0 Å². The first-order chi connectivity index (χ1) is 15.0. The zero-order chi connectivity index (χ0) is 21.8. The molecule has 0 saturated carbocycles. The predicted molar refractivity (Wildman–Crippen MR) is 115 cm³/mol. The minimum atomic E-state index is -0.453. The minimum absolute atomic E-state index is 0.205. The molecule has 5 nitrogen and oxygen atoms in total. The molecule has 0 aliphatic rings. The Hall–Kier alpha value is -3.93. The van der Waals surface area contributed by atoms with Gasteiger partial charge in [0.25, 0.3) is 5.91 Å². The van der Waals surface area contributed by atoms with Crippen molar-refractivity contribution in [3.63, 3.8) is 0 Å². The van der Waals surface area contributed by atoms with E-state index in [-0.39, 0.29) is 18.3 Å². The topological polar surface area (TPSA) is 59.8 Å². The third kappa shape index (κ3) is 4.64. The van der Waals surface area contributed by atoms with Gasteiger partial charge in [0.2, 0.25) is 0 Å². The molecule has 1 heterocycles.